The van der Waals surface area contributed by atoms with Crippen molar-refractivity contribution in [3.63, 3.8) is 0 Å². The van der Waals surface area contributed by atoms with Crippen molar-refractivity contribution < 1.29 is 0 Å². The van der Waals surface area contributed by atoms with Crippen LogP contribution in [0.3, 0.4) is 0 Å². The molecule has 0 bridgehead atoms. The van der Waals surface area contributed by atoms with Crippen molar-refractivity contribution in [2.24, 2.45) is 20.5 Å². The lowest BCUT2D eigenvalue weighted by molar-refractivity contribution is 0.949. The molecule has 6 rings (SSSR count). The highest BCUT2D eigenvalue weighted by molar-refractivity contribution is 7.20. The molecule has 0 unspecified atom stereocenters. The second kappa shape index (κ2) is 10.6. The van der Waals surface area contributed by atoms with E-state index in [0.29, 0.717) is 5.13 Å². The third-order valence-corrected chi connectivity index (χ3v) is 8.00. The second-order valence-corrected chi connectivity index (χ2v) is 10.8. The molecule has 1 aliphatic heterocycles. The first-order chi connectivity index (χ1) is 18.2. The molecule has 2 aromatic heterocycles. The first kappa shape index (κ1) is 23.4. The maximum Gasteiger partial charge on any atom is 0.229 e. The molecule has 0 radical (unpaired) electrons. The standard InChI is InChI=1S/C28H25N7S2/c1-19-18-20(8-9-23(19)32-34-28-29-14-17-36-28)31-33-25-11-10-24(21-6-2-3-7-22(21)25)30-26-12-13-27(37-26)35-15-4-5-16-35/h2-3,6-14,17-18,30H,4-5,15-16H2,1H3. The van der Waals surface area contributed by atoms with Crippen LogP contribution in [0.4, 0.5) is 37.9 Å². The maximum absolute atomic E-state index is 4.60. The maximum atomic E-state index is 4.60. The highest BCUT2D eigenvalue weighted by atomic mass is 32.1. The summed E-state index contributed by atoms with van der Waals surface area (Å²) in [5.74, 6) is 0. The Kier molecular flexibility index (Phi) is 6.70. The third-order valence-electron chi connectivity index (χ3n) is 6.28. The minimum Gasteiger partial charge on any atom is -0.363 e. The van der Waals surface area contributed by atoms with Crippen molar-refractivity contribution in [2.75, 3.05) is 23.3 Å². The van der Waals surface area contributed by atoms with Crippen molar-refractivity contribution in [2.45, 2.75) is 19.8 Å². The number of fused-ring (bicyclic) bond motifs is 1. The lowest BCUT2D eigenvalue weighted by Gasteiger charge is -2.14. The highest BCUT2D eigenvalue weighted by Gasteiger charge is 2.15. The van der Waals surface area contributed by atoms with Gasteiger partial charge in [0.05, 0.1) is 27.1 Å². The van der Waals surface area contributed by atoms with E-state index < -0.39 is 0 Å². The Morgan fingerprint density at radius 3 is 2.46 bits per heavy atom. The topological polar surface area (TPSA) is 77.6 Å². The van der Waals surface area contributed by atoms with E-state index in [2.05, 4.69) is 72.1 Å². The number of rotatable bonds is 7. The SMILES string of the molecule is Cc1cc(N=Nc2ccc(Nc3ccc(N4CCCC4)s3)c3ccccc23)ccc1N=Nc1nccs1. The minimum atomic E-state index is 0.638. The normalized spacial score (nSPS) is 13.9. The Labute approximate surface area is 223 Å². The zero-order chi connectivity index (χ0) is 25.0. The largest absolute Gasteiger partial charge is 0.363 e. The molecule has 3 aromatic carbocycles. The predicted molar refractivity (Wildman–Crippen MR) is 155 cm³/mol. The van der Waals surface area contributed by atoms with Crippen LogP contribution < -0.4 is 10.2 Å². The Hall–Kier alpha value is -3.95. The van der Waals surface area contributed by atoms with Crippen LogP contribution in [0, 0.1) is 6.92 Å². The van der Waals surface area contributed by atoms with Crippen LogP contribution in [0.2, 0.25) is 0 Å². The summed E-state index contributed by atoms with van der Waals surface area (Å²) in [6, 6.07) is 22.6. The Morgan fingerprint density at radius 1 is 0.838 bits per heavy atom. The number of nitrogens with one attached hydrogen (secondary N) is 1. The van der Waals surface area contributed by atoms with Gasteiger partial charge in [-0.1, -0.05) is 24.3 Å². The summed E-state index contributed by atoms with van der Waals surface area (Å²) in [6.07, 6.45) is 4.28. The number of aromatic nitrogens is 1. The number of azo groups is 2. The van der Waals surface area contributed by atoms with Crippen LogP contribution in [-0.4, -0.2) is 18.1 Å². The van der Waals surface area contributed by atoms with Crippen LogP contribution in [0.25, 0.3) is 10.8 Å². The number of hydrogen-bond acceptors (Lipinski definition) is 9. The Balaban J connectivity index is 1.22. The van der Waals surface area contributed by atoms with Gasteiger partial charge in [0.2, 0.25) is 5.13 Å². The van der Waals surface area contributed by atoms with E-state index in [1.165, 1.54) is 29.2 Å². The van der Waals surface area contributed by atoms with Gasteiger partial charge in [0.15, 0.2) is 0 Å². The molecule has 1 N–H and O–H groups in total. The number of thiazole rings is 1. The fraction of sp³-hybridized carbons (Fsp3) is 0.179. The molecule has 5 aromatic rings. The zero-order valence-electron chi connectivity index (χ0n) is 20.3. The van der Waals surface area contributed by atoms with E-state index in [1.807, 2.05) is 42.6 Å². The fourth-order valence-electron chi connectivity index (χ4n) is 4.40. The van der Waals surface area contributed by atoms with E-state index in [9.17, 15) is 0 Å². The number of anilines is 3. The van der Waals surface area contributed by atoms with E-state index in [-0.39, 0.29) is 0 Å². The molecule has 0 aliphatic carbocycles. The van der Waals surface area contributed by atoms with E-state index >= 15 is 0 Å². The number of hydrogen-bond donors (Lipinski definition) is 1. The quantitative estimate of drug-likeness (QED) is 0.216. The molecular weight excluding hydrogens is 498 g/mol. The van der Waals surface area contributed by atoms with Gasteiger partial charge in [0.1, 0.15) is 0 Å². The smallest absolute Gasteiger partial charge is 0.229 e. The number of aryl methyl sites for hydroxylation is 1. The van der Waals surface area contributed by atoms with Gasteiger partial charge in [-0.15, -0.1) is 38.0 Å². The van der Waals surface area contributed by atoms with Gasteiger partial charge in [-0.25, -0.2) is 4.98 Å². The highest BCUT2D eigenvalue weighted by Crippen LogP contribution is 2.38. The summed E-state index contributed by atoms with van der Waals surface area (Å²) < 4.78 is 0. The first-order valence-electron chi connectivity index (χ1n) is 12.2. The molecule has 0 saturated carbocycles. The van der Waals surface area contributed by atoms with Gasteiger partial charge < -0.3 is 10.2 Å². The number of nitrogens with zero attached hydrogens (tertiary/aromatic N) is 6. The lowest BCUT2D eigenvalue weighted by Crippen LogP contribution is -2.15. The minimum absolute atomic E-state index is 0.638. The summed E-state index contributed by atoms with van der Waals surface area (Å²) in [7, 11) is 0. The second-order valence-electron chi connectivity index (χ2n) is 8.82. The van der Waals surface area contributed by atoms with Crippen molar-refractivity contribution in [1.82, 2.24) is 4.98 Å². The molecule has 9 heteroatoms. The zero-order valence-corrected chi connectivity index (χ0v) is 22.0. The Bertz CT molecular complexity index is 1580. The third kappa shape index (κ3) is 5.28. The molecule has 1 aliphatic rings. The van der Waals surface area contributed by atoms with E-state index in [1.54, 1.807) is 17.5 Å². The van der Waals surface area contributed by atoms with E-state index in [4.69, 9.17) is 0 Å². The molecular formula is C28H25N7S2. The fourth-order valence-corrected chi connectivity index (χ4v) is 5.83. The lowest BCUT2D eigenvalue weighted by atomic mass is 10.1. The predicted octanol–water partition coefficient (Wildman–Crippen LogP) is 9.84. The summed E-state index contributed by atoms with van der Waals surface area (Å²) in [5, 5.41) is 28.4. The average molecular weight is 524 g/mol. The van der Waals surface area contributed by atoms with Crippen LogP contribution >= 0.6 is 22.7 Å². The van der Waals surface area contributed by atoms with Gasteiger partial charge >= 0.3 is 0 Å². The molecule has 0 amide bonds. The van der Waals surface area contributed by atoms with Crippen LogP contribution in [0.15, 0.2) is 98.8 Å². The molecule has 37 heavy (non-hydrogen) atoms. The molecule has 1 fully saturated rings. The van der Waals surface area contributed by atoms with Crippen LogP contribution in [-0.2, 0) is 0 Å². The summed E-state index contributed by atoms with van der Waals surface area (Å²) in [6.45, 7) is 4.30. The molecule has 3 heterocycles. The van der Waals surface area contributed by atoms with Gasteiger partial charge in [-0.3, -0.25) is 0 Å². The Morgan fingerprint density at radius 2 is 1.65 bits per heavy atom. The molecule has 0 atom stereocenters. The molecule has 184 valence electrons. The molecule has 7 nitrogen and oxygen atoms in total. The summed E-state index contributed by atoms with van der Waals surface area (Å²) >= 11 is 3.26. The van der Waals surface area contributed by atoms with Crippen LogP contribution in [0.1, 0.15) is 18.4 Å². The summed E-state index contributed by atoms with van der Waals surface area (Å²) in [4.78, 5) is 6.60. The summed E-state index contributed by atoms with van der Waals surface area (Å²) in [5.41, 5.74) is 4.43. The number of benzene rings is 3. The van der Waals surface area contributed by atoms with Gasteiger partial charge in [0.25, 0.3) is 0 Å². The van der Waals surface area contributed by atoms with Crippen molar-refractivity contribution in [3.8, 4) is 0 Å². The van der Waals surface area contributed by atoms with Gasteiger partial charge in [-0.05, 0) is 67.8 Å². The first-order valence-corrected chi connectivity index (χ1v) is 13.9. The van der Waals surface area contributed by atoms with Gasteiger partial charge in [-0.2, -0.15) is 5.11 Å². The van der Waals surface area contributed by atoms with Crippen molar-refractivity contribution in [3.05, 3.63) is 83.9 Å². The van der Waals surface area contributed by atoms with E-state index in [0.717, 1.165) is 57.2 Å². The van der Waals surface area contributed by atoms with Crippen molar-refractivity contribution >= 4 is 71.3 Å². The number of thiophene rings is 1. The van der Waals surface area contributed by atoms with Crippen LogP contribution in [0.5, 0.6) is 0 Å². The average Bonchev–Trinajstić information content (AvgIpc) is 3.71. The molecule has 1 saturated heterocycles. The van der Waals surface area contributed by atoms with Gasteiger partial charge in [0, 0.05) is 41.1 Å². The molecule has 0 spiro atoms. The van der Waals surface area contributed by atoms with Crippen molar-refractivity contribution in [1.29, 1.82) is 0 Å². The monoisotopic (exact) mass is 523 g/mol.